The minimum absolute atomic E-state index is 0.416. The van der Waals surface area contributed by atoms with E-state index in [1.165, 1.54) is 0 Å². The van der Waals surface area contributed by atoms with Gasteiger partial charge in [0.25, 0.3) is 5.88 Å². The summed E-state index contributed by atoms with van der Waals surface area (Å²) >= 11 is 0. The molecule has 1 fully saturated rings. The molecule has 0 aliphatic carbocycles. The number of hydrogen-bond donors (Lipinski definition) is 1. The van der Waals surface area contributed by atoms with Crippen LogP contribution in [0, 0.1) is 0 Å². The van der Waals surface area contributed by atoms with E-state index >= 15 is 0 Å². The Hall–Kier alpha value is -2.36. The molecule has 1 aliphatic heterocycles. The summed E-state index contributed by atoms with van der Waals surface area (Å²) < 4.78 is 21.6. The third-order valence-electron chi connectivity index (χ3n) is 6.19. The van der Waals surface area contributed by atoms with Gasteiger partial charge in [0.2, 0.25) is 0 Å². The second-order valence-corrected chi connectivity index (χ2v) is 9.79. The van der Waals surface area contributed by atoms with Gasteiger partial charge in [0.05, 0.1) is 35.6 Å². The molecule has 4 rings (SSSR count). The quantitative estimate of drug-likeness (QED) is 0.611. The molecule has 0 radical (unpaired) electrons. The molecule has 1 N–H and O–H groups in total. The van der Waals surface area contributed by atoms with Crippen molar-refractivity contribution in [1.82, 2.24) is 19.6 Å². The highest BCUT2D eigenvalue weighted by molar-refractivity contribution is 6.65. The number of nitrogens with zero attached hydrogens (tertiary/aromatic N) is 4. The summed E-state index contributed by atoms with van der Waals surface area (Å²) in [6, 6.07) is 5.94. The Morgan fingerprint density at radius 1 is 1.10 bits per heavy atom. The average Bonchev–Trinajstić information content (AvgIpc) is 3.32. The van der Waals surface area contributed by atoms with E-state index in [-0.39, 0.29) is 0 Å². The van der Waals surface area contributed by atoms with Gasteiger partial charge in [-0.2, -0.15) is 5.10 Å². The molecule has 8 nitrogen and oxygen atoms in total. The molecular formula is C22H31BN4O4. The number of hydrogen-bond acceptors (Lipinski definition) is 6. The number of methoxy groups -OCH3 is 1. The largest absolute Gasteiger partial charge is 0.495 e. The van der Waals surface area contributed by atoms with Crippen molar-refractivity contribution in [2.75, 3.05) is 7.11 Å². The van der Waals surface area contributed by atoms with Crippen LogP contribution in [0.4, 0.5) is 0 Å². The van der Waals surface area contributed by atoms with Crippen molar-refractivity contribution in [1.29, 1.82) is 0 Å². The summed E-state index contributed by atoms with van der Waals surface area (Å²) in [5.74, 6) is 0.473. The van der Waals surface area contributed by atoms with Gasteiger partial charge in [-0.05, 0) is 59.5 Å². The first-order valence-corrected chi connectivity index (χ1v) is 10.6. The molecule has 1 aliphatic rings. The molecule has 0 bridgehead atoms. The Labute approximate surface area is 183 Å². The smallest absolute Gasteiger partial charge is 0.478 e. The van der Waals surface area contributed by atoms with Crippen LogP contribution in [0.5, 0.6) is 5.88 Å². The Balaban J connectivity index is 1.70. The van der Waals surface area contributed by atoms with Gasteiger partial charge < -0.3 is 19.2 Å². The van der Waals surface area contributed by atoms with E-state index in [9.17, 15) is 5.11 Å². The summed E-state index contributed by atoms with van der Waals surface area (Å²) in [5.41, 5.74) is 0.905. The molecule has 0 unspecified atom stereocenters. The Morgan fingerprint density at radius 2 is 1.77 bits per heavy atom. The lowest BCUT2D eigenvalue weighted by molar-refractivity contribution is 0.00578. The van der Waals surface area contributed by atoms with Crippen molar-refractivity contribution in [2.24, 2.45) is 0 Å². The van der Waals surface area contributed by atoms with Crippen LogP contribution in [0.25, 0.3) is 16.6 Å². The van der Waals surface area contributed by atoms with Gasteiger partial charge in [0.1, 0.15) is 5.69 Å². The summed E-state index contributed by atoms with van der Waals surface area (Å²) in [5, 5.41) is 20.2. The highest BCUT2D eigenvalue weighted by atomic mass is 16.7. The molecule has 1 aromatic carbocycles. The molecule has 0 saturated carbocycles. The maximum absolute atomic E-state index is 10.0. The van der Waals surface area contributed by atoms with E-state index in [4.69, 9.17) is 19.1 Å². The number of rotatable bonds is 6. The second-order valence-electron chi connectivity index (χ2n) is 9.79. The zero-order chi connectivity index (χ0) is 22.6. The van der Waals surface area contributed by atoms with Crippen molar-refractivity contribution >= 4 is 23.5 Å². The predicted molar refractivity (Wildman–Crippen MR) is 120 cm³/mol. The fourth-order valence-electron chi connectivity index (χ4n) is 3.56. The molecule has 31 heavy (non-hydrogen) atoms. The first-order valence-electron chi connectivity index (χ1n) is 10.6. The van der Waals surface area contributed by atoms with Gasteiger partial charge >= 0.3 is 7.12 Å². The summed E-state index contributed by atoms with van der Waals surface area (Å²) in [4.78, 5) is 0. The van der Waals surface area contributed by atoms with Gasteiger partial charge in [0, 0.05) is 18.1 Å². The topological polar surface area (TPSA) is 83.6 Å². The van der Waals surface area contributed by atoms with Crippen LogP contribution in [-0.2, 0) is 15.9 Å². The van der Waals surface area contributed by atoms with Crippen LogP contribution >= 0.6 is 0 Å². The van der Waals surface area contributed by atoms with Crippen molar-refractivity contribution in [3.05, 3.63) is 30.6 Å². The molecule has 0 spiro atoms. The zero-order valence-electron chi connectivity index (χ0n) is 19.3. The van der Waals surface area contributed by atoms with Crippen LogP contribution in [0.15, 0.2) is 30.6 Å². The van der Waals surface area contributed by atoms with Crippen LogP contribution in [0.1, 0.15) is 48.0 Å². The molecule has 0 amide bonds. The first kappa shape index (κ1) is 21.9. The van der Waals surface area contributed by atoms with Gasteiger partial charge in [-0.15, -0.1) is 5.10 Å². The average molecular weight is 426 g/mol. The number of ether oxygens (including phenoxy) is 1. The van der Waals surface area contributed by atoms with Crippen molar-refractivity contribution in [2.45, 2.75) is 71.3 Å². The number of aryl methyl sites for hydroxylation is 1. The standard InChI is InChI=1S/C22H31BN4O4/c1-20(2,28)11-12-26-14-18(19(25-26)29-7)27-13-15-16(9-8-10-17(15)24-27)23-30-21(3,4)22(5,6)31-23/h8-10,13-14,28H,11-12H2,1-7H3. The molecule has 1 saturated heterocycles. The van der Waals surface area contributed by atoms with Crippen molar-refractivity contribution in [3.8, 4) is 11.6 Å². The van der Waals surface area contributed by atoms with Crippen LogP contribution in [0.3, 0.4) is 0 Å². The maximum Gasteiger partial charge on any atom is 0.495 e. The molecule has 3 heterocycles. The van der Waals surface area contributed by atoms with E-state index < -0.39 is 23.9 Å². The third kappa shape index (κ3) is 4.09. The van der Waals surface area contributed by atoms with Gasteiger partial charge in [0.15, 0.2) is 0 Å². The Kier molecular flexibility index (Phi) is 5.19. The minimum Gasteiger partial charge on any atom is -0.478 e. The molecule has 166 valence electrons. The Bertz CT molecular complexity index is 1080. The van der Waals surface area contributed by atoms with E-state index in [0.717, 1.165) is 22.1 Å². The first-order chi connectivity index (χ1) is 14.4. The number of fused-ring (bicyclic) bond motifs is 1. The van der Waals surface area contributed by atoms with E-state index in [0.29, 0.717) is 18.8 Å². The SMILES string of the molecule is COc1nn(CCC(C)(C)O)cc1-n1cc2c(B3OC(C)(C)C(C)(C)O3)cccc2n1. The van der Waals surface area contributed by atoms with Gasteiger partial charge in [-0.3, -0.25) is 4.68 Å². The molecular weight excluding hydrogens is 395 g/mol. The van der Waals surface area contributed by atoms with Crippen LogP contribution in [0.2, 0.25) is 0 Å². The summed E-state index contributed by atoms with van der Waals surface area (Å²) in [6.07, 6.45) is 4.41. The van der Waals surface area contributed by atoms with E-state index in [1.54, 1.807) is 30.3 Å². The number of benzene rings is 1. The van der Waals surface area contributed by atoms with Crippen molar-refractivity contribution < 1.29 is 19.2 Å². The Morgan fingerprint density at radius 3 is 2.39 bits per heavy atom. The van der Waals surface area contributed by atoms with Crippen LogP contribution < -0.4 is 10.2 Å². The lowest BCUT2D eigenvalue weighted by atomic mass is 9.77. The highest BCUT2D eigenvalue weighted by Gasteiger charge is 2.52. The number of aromatic nitrogens is 4. The zero-order valence-corrected chi connectivity index (χ0v) is 19.3. The molecule has 3 aromatic rings. The lowest BCUT2D eigenvalue weighted by Gasteiger charge is -2.32. The molecule has 0 atom stereocenters. The monoisotopic (exact) mass is 426 g/mol. The summed E-state index contributed by atoms with van der Waals surface area (Å²) in [6.45, 7) is 12.3. The maximum atomic E-state index is 10.0. The van der Waals surface area contributed by atoms with Gasteiger partial charge in [-0.1, -0.05) is 12.1 Å². The minimum atomic E-state index is -0.766. The third-order valence-corrected chi connectivity index (χ3v) is 6.19. The van der Waals surface area contributed by atoms with Crippen molar-refractivity contribution in [3.63, 3.8) is 0 Å². The second kappa shape index (κ2) is 7.36. The fraction of sp³-hybridized carbons (Fsp3) is 0.545. The van der Waals surface area contributed by atoms with Crippen LogP contribution in [-0.4, -0.2) is 55.7 Å². The van der Waals surface area contributed by atoms with E-state index in [1.807, 2.05) is 58.3 Å². The lowest BCUT2D eigenvalue weighted by Crippen LogP contribution is -2.41. The highest BCUT2D eigenvalue weighted by Crippen LogP contribution is 2.37. The molecule has 9 heteroatoms. The molecule has 2 aromatic heterocycles. The predicted octanol–water partition coefficient (Wildman–Crippen LogP) is 2.69. The fourth-order valence-corrected chi connectivity index (χ4v) is 3.56. The number of aliphatic hydroxyl groups is 1. The summed E-state index contributed by atoms with van der Waals surface area (Å²) in [7, 11) is 1.12. The van der Waals surface area contributed by atoms with Gasteiger partial charge in [-0.25, -0.2) is 4.68 Å². The van der Waals surface area contributed by atoms with E-state index in [2.05, 4.69) is 5.10 Å². The normalized spacial score (nSPS) is 18.1.